The van der Waals surface area contributed by atoms with Crippen LogP contribution in [-0.2, 0) is 9.53 Å². The van der Waals surface area contributed by atoms with Gasteiger partial charge >= 0.3 is 5.97 Å². The fourth-order valence-electron chi connectivity index (χ4n) is 2.20. The zero-order chi connectivity index (χ0) is 10.3. The molecule has 3 atom stereocenters. The molecule has 2 fully saturated rings. The number of hydrogen-bond acceptors (Lipinski definition) is 3. The molecular weight excluding hydrogens is 178 g/mol. The first-order chi connectivity index (χ1) is 6.47. The fourth-order valence-corrected chi connectivity index (χ4v) is 2.20. The average Bonchev–Trinajstić information content (AvgIpc) is 2.77. The van der Waals surface area contributed by atoms with Crippen molar-refractivity contribution in [2.75, 3.05) is 6.54 Å². The molecule has 1 aliphatic heterocycles. The summed E-state index contributed by atoms with van der Waals surface area (Å²) in [7, 11) is 0. The van der Waals surface area contributed by atoms with Crippen LogP contribution in [0.15, 0.2) is 0 Å². The molecule has 3 heteroatoms. The molecule has 1 saturated heterocycles. The zero-order valence-electron chi connectivity index (χ0n) is 9.17. The average molecular weight is 197 g/mol. The molecule has 0 unspecified atom stereocenters. The quantitative estimate of drug-likeness (QED) is 0.644. The maximum absolute atomic E-state index is 11.8. The molecule has 0 spiro atoms. The molecule has 2 aliphatic rings. The number of nitrogens with one attached hydrogen (secondary N) is 1. The first-order valence-corrected chi connectivity index (χ1v) is 5.43. The molecule has 1 saturated carbocycles. The van der Waals surface area contributed by atoms with Crippen molar-refractivity contribution in [1.29, 1.82) is 0 Å². The number of piperidine rings is 1. The predicted octanol–water partition coefficient (Wildman–Crippen LogP) is 1.33. The number of hydrogen-bond donors (Lipinski definition) is 1. The van der Waals surface area contributed by atoms with Gasteiger partial charge in [-0.25, -0.2) is 0 Å². The van der Waals surface area contributed by atoms with Crippen molar-refractivity contribution >= 4 is 5.97 Å². The van der Waals surface area contributed by atoms with Crippen LogP contribution in [0, 0.1) is 11.8 Å². The van der Waals surface area contributed by atoms with Crippen molar-refractivity contribution in [1.82, 2.24) is 5.32 Å². The van der Waals surface area contributed by atoms with E-state index in [2.05, 4.69) is 5.32 Å². The maximum atomic E-state index is 11.8. The summed E-state index contributed by atoms with van der Waals surface area (Å²) in [5.41, 5.74) is -0.341. The molecule has 0 aromatic rings. The van der Waals surface area contributed by atoms with E-state index in [1.54, 1.807) is 0 Å². The van der Waals surface area contributed by atoms with Gasteiger partial charge in [0, 0.05) is 6.04 Å². The predicted molar refractivity (Wildman–Crippen MR) is 53.8 cm³/mol. The monoisotopic (exact) mass is 197 g/mol. The third kappa shape index (κ3) is 2.08. The standard InChI is InChI=1S/C11H19NO2/c1-11(2,3)14-10(13)7-4-5-12-9-6-8(7)9/h7-9,12H,4-6H2,1-3H3/t7-,8-,9-/m1/s1. The van der Waals surface area contributed by atoms with Crippen LogP contribution in [0.4, 0.5) is 0 Å². The van der Waals surface area contributed by atoms with Gasteiger partial charge in [0.25, 0.3) is 0 Å². The molecule has 1 heterocycles. The summed E-state index contributed by atoms with van der Waals surface area (Å²) in [6, 6.07) is 0.598. The van der Waals surface area contributed by atoms with Crippen LogP contribution < -0.4 is 5.32 Å². The van der Waals surface area contributed by atoms with E-state index in [4.69, 9.17) is 4.74 Å². The molecule has 80 valence electrons. The second-order valence-electron chi connectivity index (χ2n) is 5.39. The summed E-state index contributed by atoms with van der Waals surface area (Å²) in [4.78, 5) is 11.8. The molecule has 2 rings (SSSR count). The summed E-state index contributed by atoms with van der Waals surface area (Å²) in [5, 5.41) is 3.40. The third-order valence-corrected chi connectivity index (χ3v) is 2.93. The molecule has 1 N–H and O–H groups in total. The van der Waals surface area contributed by atoms with Crippen molar-refractivity contribution in [3.05, 3.63) is 0 Å². The minimum Gasteiger partial charge on any atom is -0.460 e. The Morgan fingerprint density at radius 3 is 2.79 bits per heavy atom. The smallest absolute Gasteiger partial charge is 0.309 e. The molecule has 0 aromatic heterocycles. The number of carbonyl (C=O) groups is 1. The van der Waals surface area contributed by atoms with E-state index < -0.39 is 0 Å². The first-order valence-electron chi connectivity index (χ1n) is 5.43. The van der Waals surface area contributed by atoms with Crippen molar-refractivity contribution in [3.63, 3.8) is 0 Å². The number of esters is 1. The van der Waals surface area contributed by atoms with E-state index in [9.17, 15) is 4.79 Å². The third-order valence-electron chi connectivity index (χ3n) is 2.93. The van der Waals surface area contributed by atoms with Gasteiger partial charge in [-0.05, 0) is 46.1 Å². The Labute approximate surface area is 85.2 Å². The molecule has 0 amide bonds. The lowest BCUT2D eigenvalue weighted by Crippen LogP contribution is -2.37. The van der Waals surface area contributed by atoms with Gasteiger partial charge in [0.1, 0.15) is 5.60 Å². The Morgan fingerprint density at radius 2 is 2.14 bits per heavy atom. The van der Waals surface area contributed by atoms with E-state index >= 15 is 0 Å². The Hall–Kier alpha value is -0.570. The summed E-state index contributed by atoms with van der Waals surface area (Å²) in [6.45, 7) is 6.74. The van der Waals surface area contributed by atoms with Gasteiger partial charge in [0.2, 0.25) is 0 Å². The van der Waals surface area contributed by atoms with Gasteiger partial charge in [-0.15, -0.1) is 0 Å². The highest BCUT2D eigenvalue weighted by molar-refractivity contribution is 5.74. The van der Waals surface area contributed by atoms with E-state index in [1.807, 2.05) is 20.8 Å². The molecule has 0 radical (unpaired) electrons. The topological polar surface area (TPSA) is 38.3 Å². The fraction of sp³-hybridized carbons (Fsp3) is 0.909. The number of ether oxygens (including phenoxy) is 1. The van der Waals surface area contributed by atoms with Crippen molar-refractivity contribution in [2.24, 2.45) is 11.8 Å². The van der Waals surface area contributed by atoms with Crippen LogP contribution >= 0.6 is 0 Å². The largest absolute Gasteiger partial charge is 0.460 e. The van der Waals surface area contributed by atoms with E-state index in [1.165, 1.54) is 0 Å². The highest BCUT2D eigenvalue weighted by atomic mass is 16.6. The second kappa shape index (κ2) is 3.23. The zero-order valence-corrected chi connectivity index (χ0v) is 9.17. The summed E-state index contributed by atoms with van der Waals surface area (Å²) in [5.74, 6) is 0.713. The molecule has 0 aromatic carbocycles. The van der Waals surface area contributed by atoms with Crippen LogP contribution in [0.25, 0.3) is 0 Å². The highest BCUT2D eigenvalue weighted by Gasteiger charge is 2.49. The summed E-state index contributed by atoms with van der Waals surface area (Å²) < 4.78 is 5.41. The number of fused-ring (bicyclic) bond motifs is 1. The summed E-state index contributed by atoms with van der Waals surface area (Å²) in [6.07, 6.45) is 2.10. The van der Waals surface area contributed by atoms with E-state index in [-0.39, 0.29) is 17.5 Å². The van der Waals surface area contributed by atoms with Gasteiger partial charge in [-0.2, -0.15) is 0 Å². The molecule has 3 nitrogen and oxygen atoms in total. The normalized spacial score (nSPS) is 36.1. The molecular formula is C11H19NO2. The SMILES string of the molecule is CC(C)(C)OC(=O)[C@@H]1CCN[C@@H]2C[C@@H]21. The lowest BCUT2D eigenvalue weighted by molar-refractivity contribution is -0.161. The first kappa shape index (κ1) is 9.97. The van der Waals surface area contributed by atoms with Crippen LogP contribution in [0.3, 0.4) is 0 Å². The van der Waals surface area contributed by atoms with Crippen LogP contribution in [-0.4, -0.2) is 24.2 Å². The Morgan fingerprint density at radius 1 is 1.43 bits per heavy atom. The van der Waals surface area contributed by atoms with E-state index in [0.29, 0.717) is 12.0 Å². The molecule has 1 aliphatic carbocycles. The Bertz CT molecular complexity index is 244. The summed E-state index contributed by atoms with van der Waals surface area (Å²) >= 11 is 0. The maximum Gasteiger partial charge on any atom is 0.309 e. The van der Waals surface area contributed by atoms with Gasteiger partial charge in [0.15, 0.2) is 0 Å². The van der Waals surface area contributed by atoms with Gasteiger partial charge in [-0.3, -0.25) is 4.79 Å². The van der Waals surface area contributed by atoms with Crippen LogP contribution in [0.2, 0.25) is 0 Å². The molecule has 14 heavy (non-hydrogen) atoms. The minimum atomic E-state index is -0.341. The van der Waals surface area contributed by atoms with Crippen LogP contribution in [0.5, 0.6) is 0 Å². The highest BCUT2D eigenvalue weighted by Crippen LogP contribution is 2.42. The second-order valence-corrected chi connectivity index (χ2v) is 5.39. The van der Waals surface area contributed by atoms with Crippen LogP contribution in [0.1, 0.15) is 33.6 Å². The van der Waals surface area contributed by atoms with Crippen molar-refractivity contribution in [2.45, 2.75) is 45.3 Å². The Kier molecular flexibility index (Phi) is 2.30. The minimum absolute atomic E-state index is 0.00602. The van der Waals surface area contributed by atoms with Crippen molar-refractivity contribution < 1.29 is 9.53 Å². The van der Waals surface area contributed by atoms with Crippen molar-refractivity contribution in [3.8, 4) is 0 Å². The van der Waals surface area contributed by atoms with Gasteiger partial charge in [-0.1, -0.05) is 0 Å². The number of carbonyl (C=O) groups excluding carboxylic acids is 1. The Balaban J connectivity index is 1.91. The van der Waals surface area contributed by atoms with Gasteiger partial charge < -0.3 is 10.1 Å². The number of rotatable bonds is 1. The lowest BCUT2D eigenvalue weighted by Gasteiger charge is -2.26. The van der Waals surface area contributed by atoms with E-state index in [0.717, 1.165) is 19.4 Å². The lowest BCUT2D eigenvalue weighted by atomic mass is 9.96. The molecule has 0 bridgehead atoms. The van der Waals surface area contributed by atoms with Gasteiger partial charge in [0.05, 0.1) is 5.92 Å².